The van der Waals surface area contributed by atoms with Gasteiger partial charge in [0.25, 0.3) is 11.8 Å². The Morgan fingerprint density at radius 2 is 2.06 bits per heavy atom. The van der Waals surface area contributed by atoms with Crippen molar-refractivity contribution >= 4 is 54.8 Å². The van der Waals surface area contributed by atoms with Crippen LogP contribution in [0.1, 0.15) is 38.3 Å². The fourth-order valence-electron chi connectivity index (χ4n) is 4.17. The van der Waals surface area contributed by atoms with Gasteiger partial charge in [-0.2, -0.15) is 0 Å². The number of hydrogen-bond acceptors (Lipinski definition) is 6. The molecule has 32 heavy (non-hydrogen) atoms. The lowest BCUT2D eigenvalue weighted by Gasteiger charge is -2.14. The molecule has 5 rings (SSSR count). The molecular weight excluding hydrogens is 442 g/mol. The maximum Gasteiger partial charge on any atom is 0.264 e. The monoisotopic (exact) mass is 465 g/mol. The molecule has 4 aromatic rings. The van der Waals surface area contributed by atoms with Crippen molar-refractivity contribution < 1.29 is 14.3 Å². The number of benzene rings is 1. The summed E-state index contributed by atoms with van der Waals surface area (Å²) in [5.74, 6) is 1.89. The third-order valence-electron chi connectivity index (χ3n) is 5.82. The number of carbonyl (C=O) groups is 2. The van der Waals surface area contributed by atoms with Gasteiger partial charge in [0.05, 0.1) is 20.7 Å². The lowest BCUT2D eigenvalue weighted by molar-refractivity contribution is 0.0792. The predicted molar refractivity (Wildman–Crippen MR) is 129 cm³/mol. The van der Waals surface area contributed by atoms with E-state index in [2.05, 4.69) is 17.2 Å². The molecule has 164 valence electrons. The fraction of sp³-hybridized carbons (Fsp3) is 0.292. The second-order valence-corrected chi connectivity index (χ2v) is 10.5. The molecule has 0 radical (unpaired) electrons. The summed E-state index contributed by atoms with van der Waals surface area (Å²) in [6.45, 7) is 5.74. The van der Waals surface area contributed by atoms with Crippen molar-refractivity contribution in [2.24, 2.45) is 5.92 Å². The van der Waals surface area contributed by atoms with E-state index < -0.39 is 0 Å². The molecular formula is C24H23N3O3S2. The minimum atomic E-state index is -0.0820. The minimum Gasteiger partial charge on any atom is -0.456 e. The van der Waals surface area contributed by atoms with Crippen LogP contribution < -0.4 is 10.1 Å². The number of aryl methyl sites for hydroxylation is 1. The van der Waals surface area contributed by atoms with Gasteiger partial charge in [0, 0.05) is 47.4 Å². The van der Waals surface area contributed by atoms with Gasteiger partial charge >= 0.3 is 0 Å². The number of thiophene rings is 2. The van der Waals surface area contributed by atoms with Crippen molar-refractivity contribution in [1.29, 1.82) is 0 Å². The highest BCUT2D eigenvalue weighted by Crippen LogP contribution is 2.38. The second kappa shape index (κ2) is 8.18. The van der Waals surface area contributed by atoms with Gasteiger partial charge in [0.2, 0.25) is 0 Å². The summed E-state index contributed by atoms with van der Waals surface area (Å²) in [5, 5.41) is 3.63. The van der Waals surface area contributed by atoms with E-state index in [9.17, 15) is 9.59 Å². The van der Waals surface area contributed by atoms with Gasteiger partial charge in [-0.15, -0.1) is 22.7 Å². The lowest BCUT2D eigenvalue weighted by atomic mass is 10.1. The average molecular weight is 466 g/mol. The topological polar surface area (TPSA) is 71.5 Å². The van der Waals surface area contributed by atoms with Gasteiger partial charge < -0.3 is 15.0 Å². The van der Waals surface area contributed by atoms with Gasteiger partial charge in [0.15, 0.2) is 0 Å². The van der Waals surface area contributed by atoms with E-state index in [1.54, 1.807) is 24.6 Å². The van der Waals surface area contributed by atoms with Crippen LogP contribution in [0.4, 0.5) is 0 Å². The smallest absolute Gasteiger partial charge is 0.264 e. The summed E-state index contributed by atoms with van der Waals surface area (Å²) in [6, 6.07) is 9.44. The van der Waals surface area contributed by atoms with Crippen LogP contribution in [0.5, 0.6) is 11.5 Å². The van der Waals surface area contributed by atoms with Crippen LogP contribution in [0.3, 0.4) is 0 Å². The molecule has 6 nitrogen and oxygen atoms in total. The quantitative estimate of drug-likeness (QED) is 0.435. The van der Waals surface area contributed by atoms with E-state index in [0.29, 0.717) is 27.9 Å². The number of likely N-dealkylation sites (tertiary alicyclic amines) is 1. The summed E-state index contributed by atoms with van der Waals surface area (Å²) in [6.07, 6.45) is 2.75. The van der Waals surface area contributed by atoms with E-state index in [4.69, 9.17) is 4.74 Å². The van der Waals surface area contributed by atoms with E-state index in [1.165, 1.54) is 11.3 Å². The molecule has 1 aliphatic heterocycles. The molecule has 1 saturated heterocycles. The Bertz CT molecular complexity index is 1360. The summed E-state index contributed by atoms with van der Waals surface area (Å²) in [5.41, 5.74) is 1.47. The van der Waals surface area contributed by atoms with Crippen molar-refractivity contribution in [2.45, 2.75) is 20.3 Å². The molecule has 3 aromatic heterocycles. The molecule has 1 aliphatic rings. The van der Waals surface area contributed by atoms with Crippen LogP contribution in [0.2, 0.25) is 0 Å². The highest BCUT2D eigenvalue weighted by Gasteiger charge is 2.26. The maximum atomic E-state index is 12.9. The summed E-state index contributed by atoms with van der Waals surface area (Å²) >= 11 is 3.00. The molecule has 1 atom stereocenters. The van der Waals surface area contributed by atoms with E-state index in [1.807, 2.05) is 42.2 Å². The second-order valence-electron chi connectivity index (χ2n) is 8.15. The van der Waals surface area contributed by atoms with Gasteiger partial charge in [0.1, 0.15) is 11.5 Å². The highest BCUT2D eigenvalue weighted by molar-refractivity contribution is 7.21. The standard InChI is InChI=1S/C24H23N3O3S2/c1-13-7-9-27(12-13)24(29)20-11-17-22(32-20)18(6-8-26-17)30-15-4-5-16-19(10-15)31-14(2)21(16)23(28)25-3/h4-6,8,10-11,13H,7,9,12H2,1-3H3,(H,25,28)/t13-/m1/s1. The van der Waals surface area contributed by atoms with Crippen LogP contribution in [0.15, 0.2) is 36.5 Å². The number of amides is 2. The molecule has 0 bridgehead atoms. The van der Waals surface area contributed by atoms with Crippen molar-refractivity contribution in [3.05, 3.63) is 51.8 Å². The molecule has 1 aromatic carbocycles. The highest BCUT2D eigenvalue weighted by atomic mass is 32.1. The first kappa shape index (κ1) is 20.9. The minimum absolute atomic E-state index is 0.0699. The van der Waals surface area contributed by atoms with E-state index in [0.717, 1.165) is 44.7 Å². The zero-order chi connectivity index (χ0) is 22.4. The molecule has 8 heteroatoms. The van der Waals surface area contributed by atoms with Gasteiger partial charge in [-0.25, -0.2) is 0 Å². The molecule has 0 spiro atoms. The van der Waals surface area contributed by atoms with Crippen LogP contribution >= 0.6 is 22.7 Å². The Labute approximate surface area is 193 Å². The number of carbonyl (C=O) groups excluding carboxylic acids is 2. The van der Waals surface area contributed by atoms with Crippen LogP contribution in [0.25, 0.3) is 20.3 Å². The number of fused-ring (bicyclic) bond motifs is 2. The molecule has 2 amide bonds. The Morgan fingerprint density at radius 1 is 1.22 bits per heavy atom. The number of pyridine rings is 1. The van der Waals surface area contributed by atoms with Gasteiger partial charge in [-0.05, 0) is 43.5 Å². The number of ether oxygens (including phenoxy) is 1. The number of nitrogens with one attached hydrogen (secondary N) is 1. The van der Waals surface area contributed by atoms with E-state index in [-0.39, 0.29) is 11.8 Å². The van der Waals surface area contributed by atoms with E-state index >= 15 is 0 Å². The number of hydrogen-bond donors (Lipinski definition) is 1. The van der Waals surface area contributed by atoms with Crippen molar-refractivity contribution in [3.63, 3.8) is 0 Å². The Kier molecular flexibility index (Phi) is 5.35. The molecule has 1 fully saturated rings. The molecule has 0 unspecified atom stereocenters. The summed E-state index contributed by atoms with van der Waals surface area (Å²) < 4.78 is 8.08. The zero-order valence-corrected chi connectivity index (χ0v) is 19.7. The number of rotatable bonds is 4. The van der Waals surface area contributed by atoms with Crippen molar-refractivity contribution in [2.75, 3.05) is 20.1 Å². The van der Waals surface area contributed by atoms with Crippen LogP contribution in [0, 0.1) is 12.8 Å². The lowest BCUT2D eigenvalue weighted by Crippen LogP contribution is -2.27. The van der Waals surface area contributed by atoms with Crippen molar-refractivity contribution in [1.82, 2.24) is 15.2 Å². The third-order valence-corrected chi connectivity index (χ3v) is 8.01. The molecule has 0 saturated carbocycles. The third kappa shape index (κ3) is 3.63. The van der Waals surface area contributed by atoms with Gasteiger partial charge in [-0.1, -0.05) is 6.92 Å². The summed E-state index contributed by atoms with van der Waals surface area (Å²) in [7, 11) is 1.64. The summed E-state index contributed by atoms with van der Waals surface area (Å²) in [4.78, 5) is 33.2. The average Bonchev–Trinajstić information content (AvgIpc) is 3.49. The molecule has 1 N–H and O–H groups in total. The maximum absolute atomic E-state index is 12.9. The first-order chi connectivity index (χ1) is 15.4. The first-order valence-electron chi connectivity index (χ1n) is 10.6. The van der Waals surface area contributed by atoms with Crippen molar-refractivity contribution in [3.8, 4) is 11.5 Å². The molecule has 4 heterocycles. The predicted octanol–water partition coefficient (Wildman–Crippen LogP) is 5.45. The SMILES string of the molecule is CNC(=O)c1c(C)sc2cc(Oc3ccnc4cc(C(=O)N5CC[C@@H](C)C5)sc34)ccc12. The largest absolute Gasteiger partial charge is 0.456 e. The normalized spacial score (nSPS) is 16.1. The fourth-order valence-corrected chi connectivity index (χ4v) is 6.30. The van der Waals surface area contributed by atoms with Crippen LogP contribution in [-0.4, -0.2) is 41.8 Å². The Morgan fingerprint density at radius 3 is 2.81 bits per heavy atom. The Balaban J connectivity index is 1.46. The van der Waals surface area contributed by atoms with Gasteiger partial charge in [-0.3, -0.25) is 14.6 Å². The number of nitrogens with zero attached hydrogens (tertiary/aromatic N) is 2. The first-order valence-corrected chi connectivity index (χ1v) is 12.2. The van der Waals surface area contributed by atoms with Crippen LogP contribution in [-0.2, 0) is 0 Å². The Hall–Kier alpha value is -2.97. The molecule has 0 aliphatic carbocycles. The number of aromatic nitrogens is 1. The zero-order valence-electron chi connectivity index (χ0n) is 18.1.